The second kappa shape index (κ2) is 12.2. The average Bonchev–Trinajstić information content (AvgIpc) is 3.54. The molecule has 0 amide bonds. The first-order chi connectivity index (χ1) is 26.8. The van der Waals surface area contributed by atoms with E-state index in [1.807, 2.05) is 30.0 Å². The Hall–Kier alpha value is -6.62. The van der Waals surface area contributed by atoms with Crippen molar-refractivity contribution < 1.29 is 0 Å². The molecule has 1 aromatic heterocycles. The molecule has 8 aromatic carbocycles. The zero-order valence-electron chi connectivity index (χ0n) is 29.1. The molecule has 3 nitrogen and oxygen atoms in total. The molecule has 1 aliphatic carbocycles. The first-order valence-electron chi connectivity index (χ1n) is 18.3. The van der Waals surface area contributed by atoms with Crippen LogP contribution < -0.4 is 0 Å². The lowest BCUT2D eigenvalue weighted by Crippen LogP contribution is -2.32. The van der Waals surface area contributed by atoms with Crippen LogP contribution in [0, 0.1) is 0 Å². The molecule has 1 aliphatic heterocycles. The lowest BCUT2D eigenvalue weighted by Gasteiger charge is -2.40. The zero-order chi connectivity index (χ0) is 35.6. The van der Waals surface area contributed by atoms with Gasteiger partial charge < -0.3 is 0 Å². The van der Waals surface area contributed by atoms with Crippen LogP contribution in [0.25, 0.3) is 67.2 Å². The van der Waals surface area contributed by atoms with Gasteiger partial charge in [-0.15, -0.1) is 0 Å². The molecule has 0 bridgehead atoms. The topological polar surface area (TPSA) is 38.7 Å². The highest BCUT2D eigenvalue weighted by atomic mass is 32.2. The third kappa shape index (κ3) is 4.60. The van der Waals surface area contributed by atoms with Crippen LogP contribution in [0.4, 0.5) is 0 Å². The third-order valence-corrected chi connectivity index (χ3v) is 12.2. The Labute approximate surface area is 318 Å². The molecule has 0 atom stereocenters. The summed E-state index contributed by atoms with van der Waals surface area (Å²) in [4.78, 5) is 18.1. The number of aromatic nitrogens is 3. The summed E-state index contributed by atoms with van der Waals surface area (Å²) < 4.78 is 0. The summed E-state index contributed by atoms with van der Waals surface area (Å²) in [5.41, 5.74) is 12.5. The third-order valence-electron chi connectivity index (χ3n) is 11.0. The average molecular weight is 706 g/mol. The highest BCUT2D eigenvalue weighted by Gasteiger charge is 2.50. The molecule has 0 N–H and O–H groups in total. The monoisotopic (exact) mass is 705 g/mol. The largest absolute Gasteiger partial charge is 0.208 e. The predicted molar refractivity (Wildman–Crippen MR) is 221 cm³/mol. The van der Waals surface area contributed by atoms with E-state index in [1.165, 1.54) is 43.2 Å². The second-order valence-corrected chi connectivity index (χ2v) is 15.0. The van der Waals surface area contributed by atoms with Gasteiger partial charge >= 0.3 is 0 Å². The fraction of sp³-hybridized carbons (Fsp3) is 0.0200. The van der Waals surface area contributed by atoms with Crippen LogP contribution in [0.1, 0.15) is 22.3 Å². The standard InChI is InChI=1S/C50H31N3S/c1-2-16-33(17-3-1)47-51-48(53-49(52-47)40-24-14-18-32-15-4-5-19-35(32)40)39-23-7-6-20-36(39)34-29-30-46-44(31-34)50(43-27-12-13-28-45(43)54-46)41-25-10-8-21-37(41)38-22-9-11-26-42(38)50/h1-31H. The van der Waals surface area contributed by atoms with Gasteiger partial charge in [0.2, 0.25) is 0 Å². The van der Waals surface area contributed by atoms with Gasteiger partial charge in [-0.25, -0.2) is 15.0 Å². The zero-order valence-corrected chi connectivity index (χ0v) is 30.0. The van der Waals surface area contributed by atoms with E-state index in [2.05, 4.69) is 170 Å². The lowest BCUT2D eigenvalue weighted by molar-refractivity contribution is 0.723. The van der Waals surface area contributed by atoms with Gasteiger partial charge in [-0.1, -0.05) is 182 Å². The molecule has 252 valence electrons. The minimum atomic E-state index is -0.454. The number of fused-ring (bicyclic) bond motifs is 10. The second-order valence-electron chi connectivity index (χ2n) is 13.9. The lowest BCUT2D eigenvalue weighted by atomic mass is 9.67. The quantitative estimate of drug-likeness (QED) is 0.183. The van der Waals surface area contributed by atoms with Gasteiger partial charge in [0.15, 0.2) is 17.5 Å². The molecule has 0 radical (unpaired) electrons. The number of hydrogen-bond donors (Lipinski definition) is 0. The van der Waals surface area contributed by atoms with Crippen molar-refractivity contribution in [2.24, 2.45) is 0 Å². The van der Waals surface area contributed by atoms with Gasteiger partial charge in [0.25, 0.3) is 0 Å². The van der Waals surface area contributed by atoms with Crippen molar-refractivity contribution in [1.29, 1.82) is 0 Å². The summed E-state index contributed by atoms with van der Waals surface area (Å²) in [5, 5.41) is 2.26. The van der Waals surface area contributed by atoms with Gasteiger partial charge in [-0.2, -0.15) is 0 Å². The van der Waals surface area contributed by atoms with E-state index < -0.39 is 5.41 Å². The summed E-state index contributed by atoms with van der Waals surface area (Å²) >= 11 is 1.86. The maximum Gasteiger partial charge on any atom is 0.164 e. The van der Waals surface area contributed by atoms with Gasteiger partial charge in [0.05, 0.1) is 5.41 Å². The maximum absolute atomic E-state index is 5.26. The van der Waals surface area contributed by atoms with Crippen molar-refractivity contribution in [3.8, 4) is 56.4 Å². The van der Waals surface area contributed by atoms with Crippen molar-refractivity contribution in [3.05, 3.63) is 210 Å². The molecule has 4 heteroatoms. The maximum atomic E-state index is 5.26. The van der Waals surface area contributed by atoms with E-state index in [0.717, 1.165) is 38.6 Å². The Morgan fingerprint density at radius 1 is 0.333 bits per heavy atom. The molecule has 2 heterocycles. The van der Waals surface area contributed by atoms with Crippen LogP contribution in [0.5, 0.6) is 0 Å². The SMILES string of the molecule is c1ccc(-c2nc(-c3ccccc3-c3ccc4c(c3)C3(c5ccccc5S4)c4ccccc4-c4ccccc43)nc(-c3cccc4ccccc34)n2)cc1. The summed E-state index contributed by atoms with van der Waals surface area (Å²) in [6.07, 6.45) is 0. The normalized spacial score (nSPS) is 13.3. The minimum Gasteiger partial charge on any atom is -0.208 e. The van der Waals surface area contributed by atoms with Crippen molar-refractivity contribution >= 4 is 22.5 Å². The van der Waals surface area contributed by atoms with Crippen LogP contribution >= 0.6 is 11.8 Å². The summed E-state index contributed by atoms with van der Waals surface area (Å²) in [6.45, 7) is 0. The molecule has 11 rings (SSSR count). The van der Waals surface area contributed by atoms with Crippen molar-refractivity contribution in [1.82, 2.24) is 15.0 Å². The van der Waals surface area contributed by atoms with Crippen LogP contribution in [-0.2, 0) is 5.41 Å². The van der Waals surface area contributed by atoms with Crippen LogP contribution in [-0.4, -0.2) is 15.0 Å². The molecule has 0 fully saturated rings. The fourth-order valence-corrected chi connectivity index (χ4v) is 9.88. The van der Waals surface area contributed by atoms with Crippen LogP contribution in [0.15, 0.2) is 198 Å². The van der Waals surface area contributed by atoms with Crippen LogP contribution in [0.2, 0.25) is 0 Å². The number of benzene rings is 8. The Bertz CT molecular complexity index is 2880. The van der Waals surface area contributed by atoms with E-state index in [-0.39, 0.29) is 0 Å². The van der Waals surface area contributed by atoms with Gasteiger partial charge in [-0.3, -0.25) is 0 Å². The van der Waals surface area contributed by atoms with E-state index in [9.17, 15) is 0 Å². The molecule has 2 aliphatic rings. The number of nitrogens with zero attached hydrogens (tertiary/aromatic N) is 3. The van der Waals surface area contributed by atoms with E-state index >= 15 is 0 Å². The predicted octanol–water partition coefficient (Wildman–Crippen LogP) is 12.5. The highest BCUT2D eigenvalue weighted by Crippen LogP contribution is 2.62. The smallest absolute Gasteiger partial charge is 0.164 e. The Morgan fingerprint density at radius 2 is 0.870 bits per heavy atom. The molecule has 9 aromatic rings. The Morgan fingerprint density at radius 3 is 1.65 bits per heavy atom. The van der Waals surface area contributed by atoms with E-state index in [1.54, 1.807) is 0 Å². The molecule has 0 saturated carbocycles. The van der Waals surface area contributed by atoms with Crippen molar-refractivity contribution in [3.63, 3.8) is 0 Å². The molecule has 1 spiro atoms. The first-order valence-corrected chi connectivity index (χ1v) is 19.1. The van der Waals surface area contributed by atoms with Crippen molar-refractivity contribution in [2.75, 3.05) is 0 Å². The molecular weight excluding hydrogens is 675 g/mol. The van der Waals surface area contributed by atoms with E-state index in [4.69, 9.17) is 15.0 Å². The molecular formula is C50H31N3S. The molecule has 54 heavy (non-hydrogen) atoms. The first kappa shape index (κ1) is 31.0. The summed E-state index contributed by atoms with van der Waals surface area (Å²) in [5.74, 6) is 1.95. The minimum absolute atomic E-state index is 0.454. The molecule has 0 saturated heterocycles. The Kier molecular flexibility index (Phi) is 7.01. The van der Waals surface area contributed by atoms with E-state index in [0.29, 0.717) is 17.5 Å². The van der Waals surface area contributed by atoms with Gasteiger partial charge in [-0.05, 0) is 73.5 Å². The fourth-order valence-electron chi connectivity index (χ4n) is 8.71. The highest BCUT2D eigenvalue weighted by molar-refractivity contribution is 7.99. The molecule has 0 unspecified atom stereocenters. The van der Waals surface area contributed by atoms with Gasteiger partial charge in [0.1, 0.15) is 0 Å². The van der Waals surface area contributed by atoms with Gasteiger partial charge in [0, 0.05) is 26.5 Å². The number of hydrogen-bond acceptors (Lipinski definition) is 4. The number of rotatable bonds is 4. The summed E-state index contributed by atoms with van der Waals surface area (Å²) in [7, 11) is 0. The summed E-state index contributed by atoms with van der Waals surface area (Å²) in [6, 6.07) is 67.4. The van der Waals surface area contributed by atoms with Crippen LogP contribution in [0.3, 0.4) is 0 Å². The Balaban J connectivity index is 1.15. The van der Waals surface area contributed by atoms with Crippen molar-refractivity contribution in [2.45, 2.75) is 15.2 Å².